The molecular weight excluding hydrogens is 282 g/mol. The largest absolute Gasteiger partial charge is 0.489 e. The van der Waals surface area contributed by atoms with Crippen LogP contribution in [-0.4, -0.2) is 10.6 Å². The second-order valence-corrected chi connectivity index (χ2v) is 4.77. The van der Waals surface area contributed by atoms with Gasteiger partial charge in [-0.3, -0.25) is 4.57 Å². The summed E-state index contributed by atoms with van der Waals surface area (Å²) in [6.07, 6.45) is 1.32. The maximum Gasteiger partial charge on any atom is 0.323 e. The summed E-state index contributed by atoms with van der Waals surface area (Å²) >= 11 is 0. The van der Waals surface area contributed by atoms with Crippen LogP contribution in [0.3, 0.4) is 0 Å². The van der Waals surface area contributed by atoms with Crippen molar-refractivity contribution < 1.29 is 9.53 Å². The lowest BCUT2D eigenvalue weighted by molar-refractivity contribution is 0.251. The van der Waals surface area contributed by atoms with E-state index in [0.717, 1.165) is 5.56 Å². The Hall–Kier alpha value is -3.15. The van der Waals surface area contributed by atoms with Gasteiger partial charge in [0.1, 0.15) is 18.0 Å². The van der Waals surface area contributed by atoms with Crippen LogP contribution in [0, 0.1) is 4.91 Å². The molecule has 2 N–H and O–H groups in total. The van der Waals surface area contributed by atoms with Crippen molar-refractivity contribution in [1.82, 2.24) is 4.57 Å². The molecule has 0 aliphatic rings. The first-order chi connectivity index (χ1) is 10.7. The van der Waals surface area contributed by atoms with E-state index in [-0.39, 0.29) is 5.69 Å². The van der Waals surface area contributed by atoms with Gasteiger partial charge in [-0.1, -0.05) is 30.3 Å². The fourth-order valence-electron chi connectivity index (χ4n) is 2.27. The van der Waals surface area contributed by atoms with Gasteiger partial charge < -0.3 is 10.5 Å². The van der Waals surface area contributed by atoms with Crippen LogP contribution in [0.1, 0.15) is 5.56 Å². The van der Waals surface area contributed by atoms with Gasteiger partial charge in [-0.05, 0) is 22.9 Å². The zero-order valence-electron chi connectivity index (χ0n) is 11.6. The Labute approximate surface area is 126 Å². The minimum absolute atomic E-state index is 0.170. The van der Waals surface area contributed by atoms with Gasteiger partial charge in [-0.15, -0.1) is 4.91 Å². The van der Waals surface area contributed by atoms with Crippen molar-refractivity contribution >= 4 is 22.6 Å². The zero-order chi connectivity index (χ0) is 15.5. The fraction of sp³-hybridized carbons (Fsp3) is 0.0625. The predicted octanol–water partition coefficient (Wildman–Crippen LogP) is 3.55. The number of hydrogen-bond donors (Lipinski definition) is 1. The maximum absolute atomic E-state index is 11.4. The Morgan fingerprint density at radius 1 is 1.18 bits per heavy atom. The van der Waals surface area contributed by atoms with E-state index in [1.807, 2.05) is 30.3 Å². The number of hydrogen-bond acceptors (Lipinski definition) is 4. The monoisotopic (exact) mass is 295 g/mol. The number of rotatable bonds is 4. The molecule has 0 radical (unpaired) electrons. The first kappa shape index (κ1) is 13.8. The van der Waals surface area contributed by atoms with Crippen molar-refractivity contribution in [1.29, 1.82) is 0 Å². The second-order valence-electron chi connectivity index (χ2n) is 4.77. The highest BCUT2D eigenvalue weighted by Gasteiger charge is 2.13. The zero-order valence-corrected chi connectivity index (χ0v) is 11.6. The summed E-state index contributed by atoms with van der Waals surface area (Å²) in [4.78, 5) is 22.2. The van der Waals surface area contributed by atoms with Crippen LogP contribution in [0.4, 0.5) is 10.5 Å². The molecule has 0 bridgehead atoms. The number of ether oxygens (including phenoxy) is 1. The number of carbonyl (C=O) groups is 1. The van der Waals surface area contributed by atoms with E-state index in [1.54, 1.807) is 18.2 Å². The number of primary amides is 1. The Kier molecular flexibility index (Phi) is 3.57. The molecule has 0 saturated carbocycles. The topological polar surface area (TPSA) is 86.7 Å². The molecule has 3 aromatic rings. The van der Waals surface area contributed by atoms with Crippen LogP contribution < -0.4 is 10.5 Å². The first-order valence-corrected chi connectivity index (χ1v) is 6.64. The maximum atomic E-state index is 11.4. The van der Waals surface area contributed by atoms with E-state index in [2.05, 4.69) is 5.18 Å². The third-order valence-corrected chi connectivity index (χ3v) is 3.34. The Balaban J connectivity index is 1.93. The SMILES string of the molecule is NC(=O)n1cc(N=O)c2ccc(OCc3ccccc3)cc21. The molecule has 0 unspecified atom stereocenters. The number of nitroso groups, excluding NO2 is 1. The summed E-state index contributed by atoms with van der Waals surface area (Å²) < 4.78 is 6.89. The van der Waals surface area contributed by atoms with Crippen molar-refractivity contribution in [3.8, 4) is 5.75 Å². The summed E-state index contributed by atoms with van der Waals surface area (Å²) in [7, 11) is 0. The molecule has 110 valence electrons. The third kappa shape index (κ3) is 2.54. The summed E-state index contributed by atoms with van der Waals surface area (Å²) in [6.45, 7) is 0.405. The predicted molar refractivity (Wildman–Crippen MR) is 83.1 cm³/mol. The van der Waals surface area contributed by atoms with E-state index in [1.165, 1.54) is 10.8 Å². The smallest absolute Gasteiger partial charge is 0.323 e. The van der Waals surface area contributed by atoms with E-state index < -0.39 is 6.03 Å². The lowest BCUT2D eigenvalue weighted by atomic mass is 10.2. The highest BCUT2D eigenvalue weighted by molar-refractivity contribution is 5.98. The van der Waals surface area contributed by atoms with Crippen molar-refractivity contribution in [2.75, 3.05) is 0 Å². The normalized spacial score (nSPS) is 10.5. The van der Waals surface area contributed by atoms with Crippen molar-refractivity contribution in [2.45, 2.75) is 6.61 Å². The molecule has 0 fully saturated rings. The van der Waals surface area contributed by atoms with Crippen LogP contribution in [-0.2, 0) is 6.61 Å². The van der Waals surface area contributed by atoms with Gasteiger partial charge in [0, 0.05) is 17.6 Å². The van der Waals surface area contributed by atoms with Crippen LogP contribution >= 0.6 is 0 Å². The molecule has 1 heterocycles. The molecule has 6 heteroatoms. The van der Waals surface area contributed by atoms with Crippen molar-refractivity contribution in [3.05, 3.63) is 65.2 Å². The highest BCUT2D eigenvalue weighted by atomic mass is 16.5. The molecule has 3 rings (SSSR count). The number of amides is 1. The summed E-state index contributed by atoms with van der Waals surface area (Å²) in [5.74, 6) is 0.578. The Bertz CT molecular complexity index is 840. The van der Waals surface area contributed by atoms with Crippen molar-refractivity contribution in [2.24, 2.45) is 10.9 Å². The Morgan fingerprint density at radius 2 is 1.95 bits per heavy atom. The van der Waals surface area contributed by atoms with E-state index >= 15 is 0 Å². The fourth-order valence-corrected chi connectivity index (χ4v) is 2.27. The van der Waals surface area contributed by atoms with Gasteiger partial charge in [0.2, 0.25) is 0 Å². The van der Waals surface area contributed by atoms with Gasteiger partial charge in [0.25, 0.3) is 0 Å². The average Bonchev–Trinajstić information content (AvgIpc) is 2.92. The summed E-state index contributed by atoms with van der Waals surface area (Å²) in [6, 6.07) is 14.1. The molecular formula is C16H13N3O3. The van der Waals surface area contributed by atoms with Crippen LogP contribution in [0.5, 0.6) is 5.75 Å². The molecule has 1 aromatic heterocycles. The minimum Gasteiger partial charge on any atom is -0.489 e. The van der Waals surface area contributed by atoms with E-state index in [0.29, 0.717) is 23.3 Å². The van der Waals surface area contributed by atoms with Gasteiger partial charge >= 0.3 is 6.03 Å². The molecule has 2 aromatic carbocycles. The molecule has 6 nitrogen and oxygen atoms in total. The molecule has 0 saturated heterocycles. The Morgan fingerprint density at radius 3 is 2.64 bits per heavy atom. The number of nitrogens with zero attached hydrogens (tertiary/aromatic N) is 2. The molecule has 0 atom stereocenters. The minimum atomic E-state index is -0.680. The molecule has 22 heavy (non-hydrogen) atoms. The highest BCUT2D eigenvalue weighted by Crippen LogP contribution is 2.31. The standard InChI is InChI=1S/C16H13N3O3/c17-16(20)19-9-14(18-21)13-7-6-12(8-15(13)19)22-10-11-4-2-1-3-5-11/h1-9H,10H2,(H2,17,20). The van der Waals surface area contributed by atoms with Gasteiger partial charge in [0.05, 0.1) is 5.52 Å². The van der Waals surface area contributed by atoms with Crippen LogP contribution in [0.2, 0.25) is 0 Å². The molecule has 0 aliphatic carbocycles. The molecule has 0 spiro atoms. The van der Waals surface area contributed by atoms with Crippen molar-refractivity contribution in [3.63, 3.8) is 0 Å². The lowest BCUT2D eigenvalue weighted by Crippen LogP contribution is -2.18. The number of fused-ring (bicyclic) bond motifs is 1. The second kappa shape index (κ2) is 5.69. The summed E-state index contributed by atoms with van der Waals surface area (Å²) in [5.41, 5.74) is 7.00. The van der Waals surface area contributed by atoms with Crippen LogP contribution in [0.25, 0.3) is 10.9 Å². The molecule has 0 aliphatic heterocycles. The average molecular weight is 295 g/mol. The lowest BCUT2D eigenvalue weighted by Gasteiger charge is -2.07. The number of nitrogens with two attached hydrogens (primary N) is 1. The first-order valence-electron chi connectivity index (χ1n) is 6.64. The van der Waals surface area contributed by atoms with Gasteiger partial charge in [0.15, 0.2) is 0 Å². The number of carbonyl (C=O) groups excluding carboxylic acids is 1. The van der Waals surface area contributed by atoms with Crippen LogP contribution in [0.15, 0.2) is 59.9 Å². The number of aromatic nitrogens is 1. The third-order valence-electron chi connectivity index (χ3n) is 3.34. The van der Waals surface area contributed by atoms with Gasteiger partial charge in [-0.2, -0.15) is 0 Å². The van der Waals surface area contributed by atoms with E-state index in [4.69, 9.17) is 10.5 Å². The summed E-state index contributed by atoms with van der Waals surface area (Å²) in [5, 5.41) is 3.46. The molecule has 1 amide bonds. The quantitative estimate of drug-likeness (QED) is 0.747. The van der Waals surface area contributed by atoms with E-state index in [9.17, 15) is 9.70 Å². The number of benzene rings is 2. The van der Waals surface area contributed by atoms with Gasteiger partial charge in [-0.25, -0.2) is 4.79 Å².